The molecule has 0 unspecified atom stereocenters. The molecular formula is C19H14BrNO2S. The van der Waals surface area contributed by atoms with Crippen molar-refractivity contribution in [3.05, 3.63) is 87.3 Å². The van der Waals surface area contributed by atoms with Crippen molar-refractivity contribution >= 4 is 44.9 Å². The smallest absolute Gasteiger partial charge is 0.268 e. The maximum Gasteiger partial charge on any atom is 0.293 e. The fraction of sp³-hybridized carbons (Fsp3) is 0.0526. The molecule has 2 aromatic carbocycles. The molecule has 120 valence electrons. The number of amides is 2. The summed E-state index contributed by atoms with van der Waals surface area (Å²) in [6.45, 7) is 0.270. The zero-order chi connectivity index (χ0) is 16.9. The second-order valence-electron chi connectivity index (χ2n) is 5.15. The second kappa shape index (κ2) is 7.64. The molecule has 0 atom stereocenters. The van der Waals surface area contributed by atoms with E-state index < -0.39 is 0 Å². The number of thioether (sulfide) groups is 1. The number of benzene rings is 2. The molecule has 0 bridgehead atoms. The Morgan fingerprint density at radius 2 is 1.71 bits per heavy atom. The Balaban J connectivity index is 1.73. The lowest BCUT2D eigenvalue weighted by molar-refractivity contribution is -0.123. The summed E-state index contributed by atoms with van der Waals surface area (Å²) in [5.74, 6) is -0.251. The van der Waals surface area contributed by atoms with E-state index in [0.29, 0.717) is 4.91 Å². The summed E-state index contributed by atoms with van der Waals surface area (Å²) >= 11 is 4.42. The molecule has 3 nitrogen and oxygen atoms in total. The summed E-state index contributed by atoms with van der Waals surface area (Å²) in [6.07, 6.45) is 5.39. The molecule has 0 aliphatic carbocycles. The first-order chi connectivity index (χ1) is 11.6. The van der Waals surface area contributed by atoms with Crippen molar-refractivity contribution in [3.63, 3.8) is 0 Å². The lowest BCUT2D eigenvalue weighted by Crippen LogP contribution is -2.27. The standard InChI is InChI=1S/C19H14BrNO2S/c20-16-11-5-4-10-15(16)13-21-18(22)17(24-19(21)23)12-6-9-14-7-2-1-3-8-14/h1-12H,13H2/b9-6+,17-12+. The highest BCUT2D eigenvalue weighted by atomic mass is 79.9. The molecule has 1 aliphatic rings. The molecule has 0 aromatic heterocycles. The normalized spacial score (nSPS) is 16.5. The number of carbonyl (C=O) groups excluding carboxylic acids is 2. The van der Waals surface area contributed by atoms with Crippen LogP contribution in [-0.4, -0.2) is 16.0 Å². The maximum atomic E-state index is 12.4. The molecule has 0 saturated carbocycles. The van der Waals surface area contributed by atoms with E-state index in [0.717, 1.165) is 27.4 Å². The molecule has 0 radical (unpaired) electrons. The van der Waals surface area contributed by atoms with Crippen molar-refractivity contribution < 1.29 is 9.59 Å². The Labute approximate surface area is 153 Å². The van der Waals surface area contributed by atoms with Crippen LogP contribution >= 0.6 is 27.7 Å². The lowest BCUT2D eigenvalue weighted by atomic mass is 10.2. The van der Waals surface area contributed by atoms with Crippen molar-refractivity contribution in [2.45, 2.75) is 6.54 Å². The van der Waals surface area contributed by atoms with Gasteiger partial charge in [0.1, 0.15) is 0 Å². The Bertz CT molecular complexity index is 830. The Morgan fingerprint density at radius 3 is 2.46 bits per heavy atom. The highest BCUT2D eigenvalue weighted by Gasteiger charge is 2.34. The van der Waals surface area contributed by atoms with E-state index in [9.17, 15) is 9.59 Å². The van der Waals surface area contributed by atoms with Crippen LogP contribution in [0.1, 0.15) is 11.1 Å². The number of rotatable bonds is 4. The highest BCUT2D eigenvalue weighted by molar-refractivity contribution is 9.10. The quantitative estimate of drug-likeness (QED) is 0.659. The fourth-order valence-electron chi connectivity index (χ4n) is 2.26. The van der Waals surface area contributed by atoms with Crippen molar-refractivity contribution in [1.29, 1.82) is 0 Å². The average Bonchev–Trinajstić information content (AvgIpc) is 2.85. The molecule has 3 rings (SSSR count). The van der Waals surface area contributed by atoms with Gasteiger partial charge in [0.15, 0.2) is 0 Å². The topological polar surface area (TPSA) is 37.4 Å². The minimum atomic E-state index is -0.251. The Hall–Kier alpha value is -2.11. The molecule has 1 fully saturated rings. The molecular weight excluding hydrogens is 386 g/mol. The van der Waals surface area contributed by atoms with Gasteiger partial charge in [0.25, 0.3) is 11.1 Å². The number of hydrogen-bond acceptors (Lipinski definition) is 3. The SMILES string of the molecule is O=C1S/C(=C/C=C/c2ccccc2)C(=O)N1Cc1ccccc1Br. The molecule has 2 aromatic rings. The largest absolute Gasteiger partial charge is 0.293 e. The first-order valence-corrected chi connectivity index (χ1v) is 8.96. The van der Waals surface area contributed by atoms with Crippen molar-refractivity contribution in [1.82, 2.24) is 4.90 Å². The van der Waals surface area contributed by atoms with Gasteiger partial charge in [0, 0.05) is 4.47 Å². The van der Waals surface area contributed by atoms with Crippen LogP contribution in [0.3, 0.4) is 0 Å². The van der Waals surface area contributed by atoms with Crippen LogP contribution in [-0.2, 0) is 11.3 Å². The summed E-state index contributed by atoms with van der Waals surface area (Å²) in [5.41, 5.74) is 1.95. The van der Waals surface area contributed by atoms with E-state index in [2.05, 4.69) is 15.9 Å². The van der Waals surface area contributed by atoms with Crippen molar-refractivity contribution in [3.8, 4) is 0 Å². The van der Waals surface area contributed by atoms with Gasteiger partial charge in [-0.3, -0.25) is 14.5 Å². The van der Waals surface area contributed by atoms with Gasteiger partial charge in [0.2, 0.25) is 0 Å². The first kappa shape index (κ1) is 16.7. The molecule has 0 N–H and O–H groups in total. The molecule has 2 amide bonds. The zero-order valence-corrected chi connectivity index (χ0v) is 15.1. The summed E-state index contributed by atoms with van der Waals surface area (Å²) in [4.78, 5) is 26.3. The Morgan fingerprint density at radius 1 is 1.00 bits per heavy atom. The third-order valence-electron chi connectivity index (χ3n) is 3.50. The third kappa shape index (κ3) is 3.86. The van der Waals surface area contributed by atoms with Crippen molar-refractivity contribution in [2.24, 2.45) is 0 Å². The van der Waals surface area contributed by atoms with Crippen molar-refractivity contribution in [2.75, 3.05) is 0 Å². The summed E-state index contributed by atoms with van der Waals surface area (Å²) in [5, 5.41) is -0.241. The minimum absolute atomic E-state index is 0.241. The third-order valence-corrected chi connectivity index (χ3v) is 5.19. The van der Waals surface area contributed by atoms with E-state index in [4.69, 9.17) is 0 Å². The minimum Gasteiger partial charge on any atom is -0.268 e. The van der Waals surface area contributed by atoms with Crippen LogP contribution in [0.2, 0.25) is 0 Å². The van der Waals surface area contributed by atoms with Gasteiger partial charge in [-0.05, 0) is 35.0 Å². The Kier molecular flexibility index (Phi) is 5.33. The van der Waals surface area contributed by atoms with Gasteiger partial charge >= 0.3 is 0 Å². The van der Waals surface area contributed by atoms with Gasteiger partial charge in [-0.1, -0.05) is 76.6 Å². The fourth-order valence-corrected chi connectivity index (χ4v) is 3.46. The van der Waals surface area contributed by atoms with Gasteiger partial charge in [-0.15, -0.1) is 0 Å². The first-order valence-electron chi connectivity index (χ1n) is 7.35. The molecule has 1 aliphatic heterocycles. The molecule has 24 heavy (non-hydrogen) atoms. The van der Waals surface area contributed by atoms with E-state index >= 15 is 0 Å². The van der Waals surface area contributed by atoms with Crippen LogP contribution in [0.15, 0.2) is 76.1 Å². The number of imide groups is 1. The van der Waals surface area contributed by atoms with E-state index in [1.807, 2.05) is 60.7 Å². The van der Waals surface area contributed by atoms with Gasteiger partial charge < -0.3 is 0 Å². The number of carbonyl (C=O) groups is 2. The predicted molar refractivity (Wildman–Crippen MR) is 101 cm³/mol. The van der Waals surface area contributed by atoms with E-state index in [-0.39, 0.29) is 17.7 Å². The van der Waals surface area contributed by atoms with Crippen LogP contribution in [0, 0.1) is 0 Å². The van der Waals surface area contributed by atoms with Crippen LogP contribution in [0.25, 0.3) is 6.08 Å². The highest BCUT2D eigenvalue weighted by Crippen LogP contribution is 2.32. The molecule has 1 heterocycles. The van der Waals surface area contributed by atoms with Crippen LogP contribution in [0.4, 0.5) is 4.79 Å². The van der Waals surface area contributed by atoms with E-state index in [1.165, 1.54) is 4.90 Å². The average molecular weight is 400 g/mol. The summed E-state index contributed by atoms with van der Waals surface area (Å²) < 4.78 is 0.886. The van der Waals surface area contributed by atoms with Gasteiger partial charge in [-0.2, -0.15) is 0 Å². The van der Waals surface area contributed by atoms with Gasteiger partial charge in [-0.25, -0.2) is 0 Å². The van der Waals surface area contributed by atoms with E-state index in [1.54, 1.807) is 12.2 Å². The lowest BCUT2D eigenvalue weighted by Gasteiger charge is -2.13. The molecule has 0 spiro atoms. The monoisotopic (exact) mass is 399 g/mol. The number of nitrogens with zero attached hydrogens (tertiary/aromatic N) is 1. The zero-order valence-electron chi connectivity index (χ0n) is 12.7. The number of halogens is 1. The predicted octanol–water partition coefficient (Wildman–Crippen LogP) is 5.24. The summed E-state index contributed by atoms with van der Waals surface area (Å²) in [6, 6.07) is 17.4. The molecule has 1 saturated heterocycles. The van der Waals surface area contributed by atoms with Crippen LogP contribution < -0.4 is 0 Å². The van der Waals surface area contributed by atoms with Crippen LogP contribution in [0.5, 0.6) is 0 Å². The number of hydrogen-bond donors (Lipinski definition) is 0. The van der Waals surface area contributed by atoms with Gasteiger partial charge in [0.05, 0.1) is 11.4 Å². The summed E-state index contributed by atoms with van der Waals surface area (Å²) in [7, 11) is 0. The molecule has 5 heteroatoms. The number of allylic oxidation sites excluding steroid dienone is 2. The maximum absolute atomic E-state index is 12.4. The second-order valence-corrected chi connectivity index (χ2v) is 7.00.